The number of aromatic nitrogens is 2. The Morgan fingerprint density at radius 1 is 1.69 bits per heavy atom. The maximum absolute atomic E-state index is 5.70. The lowest BCUT2D eigenvalue weighted by Gasteiger charge is -2.17. The van der Waals surface area contributed by atoms with Gasteiger partial charge in [0.25, 0.3) is 0 Å². The number of hydrogen-bond donors (Lipinski definition) is 0. The summed E-state index contributed by atoms with van der Waals surface area (Å²) in [6.07, 6.45) is 3.03. The standard InChI is InChI=1S/C9H12N2O2/c1-11-7(2-4-10-11)9-3-5-12-6-8(9)13-9/h2,4,8H,3,5-6H2,1H3/t8-,9+/m1/s1. The highest BCUT2D eigenvalue weighted by Crippen LogP contribution is 2.50. The Balaban J connectivity index is 1.97. The highest BCUT2D eigenvalue weighted by Gasteiger charge is 2.60. The molecule has 0 aromatic carbocycles. The van der Waals surface area contributed by atoms with Gasteiger partial charge < -0.3 is 9.47 Å². The van der Waals surface area contributed by atoms with Crippen LogP contribution in [-0.2, 0) is 22.1 Å². The zero-order valence-electron chi connectivity index (χ0n) is 7.56. The van der Waals surface area contributed by atoms with E-state index in [9.17, 15) is 0 Å². The first-order valence-electron chi connectivity index (χ1n) is 4.57. The number of epoxide rings is 1. The molecule has 1 aromatic rings. The van der Waals surface area contributed by atoms with Gasteiger partial charge in [-0.15, -0.1) is 0 Å². The smallest absolute Gasteiger partial charge is 0.141 e. The van der Waals surface area contributed by atoms with Crippen LogP contribution in [0.15, 0.2) is 12.3 Å². The summed E-state index contributed by atoms with van der Waals surface area (Å²) in [5, 5.41) is 4.16. The molecule has 2 saturated heterocycles. The SMILES string of the molecule is Cn1nccc1[C@@]12CCOC[C@H]1O2. The molecule has 0 aliphatic carbocycles. The Morgan fingerprint density at radius 3 is 3.31 bits per heavy atom. The molecule has 70 valence electrons. The maximum Gasteiger partial charge on any atom is 0.141 e. The molecule has 0 radical (unpaired) electrons. The van der Waals surface area contributed by atoms with Gasteiger partial charge in [-0.1, -0.05) is 0 Å². The molecule has 3 rings (SSSR count). The van der Waals surface area contributed by atoms with Crippen LogP contribution >= 0.6 is 0 Å². The van der Waals surface area contributed by atoms with Crippen molar-refractivity contribution in [3.05, 3.63) is 18.0 Å². The quantitative estimate of drug-likeness (QED) is 0.588. The van der Waals surface area contributed by atoms with Crippen LogP contribution in [0, 0.1) is 0 Å². The van der Waals surface area contributed by atoms with Gasteiger partial charge in [-0.05, 0) is 6.07 Å². The molecule has 2 atom stereocenters. The summed E-state index contributed by atoms with van der Waals surface area (Å²) in [5.41, 5.74) is 1.12. The average molecular weight is 180 g/mol. The molecule has 0 spiro atoms. The van der Waals surface area contributed by atoms with E-state index < -0.39 is 0 Å². The first-order valence-corrected chi connectivity index (χ1v) is 4.57. The normalized spacial score (nSPS) is 37.2. The number of nitrogens with zero attached hydrogens (tertiary/aromatic N) is 2. The molecule has 0 unspecified atom stereocenters. The molecule has 0 bridgehead atoms. The number of fused-ring (bicyclic) bond motifs is 1. The van der Waals surface area contributed by atoms with Crippen molar-refractivity contribution in [1.82, 2.24) is 9.78 Å². The minimum Gasteiger partial charge on any atom is -0.378 e. The predicted molar refractivity (Wildman–Crippen MR) is 45.2 cm³/mol. The van der Waals surface area contributed by atoms with Gasteiger partial charge in [-0.3, -0.25) is 4.68 Å². The minimum absolute atomic E-state index is 0.0660. The summed E-state index contributed by atoms with van der Waals surface area (Å²) in [7, 11) is 1.96. The number of ether oxygens (including phenoxy) is 2. The molecule has 4 heteroatoms. The molecule has 4 nitrogen and oxygen atoms in total. The van der Waals surface area contributed by atoms with Crippen molar-refractivity contribution in [3.63, 3.8) is 0 Å². The summed E-state index contributed by atoms with van der Waals surface area (Å²) in [4.78, 5) is 0. The summed E-state index contributed by atoms with van der Waals surface area (Å²) < 4.78 is 12.9. The topological polar surface area (TPSA) is 39.6 Å². The van der Waals surface area contributed by atoms with E-state index in [2.05, 4.69) is 5.10 Å². The van der Waals surface area contributed by atoms with Gasteiger partial charge in [0.2, 0.25) is 0 Å². The Hall–Kier alpha value is -0.870. The van der Waals surface area contributed by atoms with Gasteiger partial charge in [0.1, 0.15) is 11.7 Å². The second kappa shape index (κ2) is 2.33. The predicted octanol–water partition coefficient (Wildman–Crippen LogP) is 0.434. The van der Waals surface area contributed by atoms with E-state index in [1.807, 2.05) is 24.0 Å². The van der Waals surface area contributed by atoms with E-state index in [1.165, 1.54) is 5.69 Å². The largest absolute Gasteiger partial charge is 0.378 e. The fourth-order valence-corrected chi connectivity index (χ4v) is 2.16. The summed E-state index contributed by atoms with van der Waals surface area (Å²) in [5.74, 6) is 0. The first kappa shape index (κ1) is 7.53. The number of hydrogen-bond acceptors (Lipinski definition) is 3. The molecule has 2 aliphatic rings. The van der Waals surface area contributed by atoms with Crippen LogP contribution in [0.4, 0.5) is 0 Å². The van der Waals surface area contributed by atoms with Crippen molar-refractivity contribution in [2.45, 2.75) is 18.1 Å². The van der Waals surface area contributed by atoms with Crippen molar-refractivity contribution in [3.8, 4) is 0 Å². The van der Waals surface area contributed by atoms with Crippen molar-refractivity contribution < 1.29 is 9.47 Å². The Kier molecular flexibility index (Phi) is 1.35. The zero-order valence-corrected chi connectivity index (χ0v) is 7.56. The third kappa shape index (κ3) is 0.899. The van der Waals surface area contributed by atoms with E-state index in [0.717, 1.165) is 19.6 Å². The summed E-state index contributed by atoms with van der Waals surface area (Å²) in [6, 6.07) is 2.03. The first-order chi connectivity index (χ1) is 6.33. The Labute approximate surface area is 76.4 Å². The van der Waals surface area contributed by atoms with E-state index in [-0.39, 0.29) is 11.7 Å². The molecule has 2 fully saturated rings. The monoisotopic (exact) mass is 180 g/mol. The van der Waals surface area contributed by atoms with E-state index in [0.29, 0.717) is 0 Å². The van der Waals surface area contributed by atoms with Crippen molar-refractivity contribution in [2.24, 2.45) is 7.05 Å². The van der Waals surface area contributed by atoms with Gasteiger partial charge in [0, 0.05) is 26.3 Å². The van der Waals surface area contributed by atoms with E-state index >= 15 is 0 Å². The van der Waals surface area contributed by atoms with E-state index in [1.54, 1.807) is 0 Å². The molecule has 0 amide bonds. The summed E-state index contributed by atoms with van der Waals surface area (Å²) in [6.45, 7) is 1.52. The van der Waals surface area contributed by atoms with Crippen LogP contribution in [0.3, 0.4) is 0 Å². The van der Waals surface area contributed by atoms with Crippen LogP contribution in [-0.4, -0.2) is 29.1 Å². The van der Waals surface area contributed by atoms with Gasteiger partial charge in [0.05, 0.1) is 12.3 Å². The average Bonchev–Trinajstić information content (AvgIpc) is 2.74. The summed E-state index contributed by atoms with van der Waals surface area (Å²) >= 11 is 0. The molecule has 13 heavy (non-hydrogen) atoms. The van der Waals surface area contributed by atoms with Gasteiger partial charge in [-0.2, -0.15) is 5.10 Å². The Bertz CT molecular complexity index is 336. The van der Waals surface area contributed by atoms with Crippen molar-refractivity contribution in [2.75, 3.05) is 13.2 Å². The fourth-order valence-electron chi connectivity index (χ4n) is 2.16. The van der Waals surface area contributed by atoms with Crippen molar-refractivity contribution >= 4 is 0 Å². The lowest BCUT2D eigenvalue weighted by Crippen LogP contribution is -2.26. The number of rotatable bonds is 1. The van der Waals surface area contributed by atoms with Crippen LogP contribution in [0.2, 0.25) is 0 Å². The zero-order chi connectivity index (χ0) is 8.89. The molecule has 2 aliphatic heterocycles. The van der Waals surface area contributed by atoms with Crippen molar-refractivity contribution in [1.29, 1.82) is 0 Å². The fraction of sp³-hybridized carbons (Fsp3) is 0.667. The molecular weight excluding hydrogens is 168 g/mol. The Morgan fingerprint density at radius 2 is 2.62 bits per heavy atom. The van der Waals surface area contributed by atoms with Crippen LogP contribution in [0.5, 0.6) is 0 Å². The second-order valence-corrected chi connectivity index (χ2v) is 3.66. The van der Waals surface area contributed by atoms with Crippen LogP contribution < -0.4 is 0 Å². The highest BCUT2D eigenvalue weighted by molar-refractivity contribution is 5.23. The second-order valence-electron chi connectivity index (χ2n) is 3.66. The molecular formula is C9H12N2O2. The molecule has 1 aromatic heterocycles. The lowest BCUT2D eigenvalue weighted by atomic mass is 9.96. The third-order valence-electron chi connectivity index (χ3n) is 2.96. The van der Waals surface area contributed by atoms with Crippen LogP contribution in [0.1, 0.15) is 12.1 Å². The molecule has 0 N–H and O–H groups in total. The lowest BCUT2D eigenvalue weighted by molar-refractivity contribution is 0.0960. The highest BCUT2D eigenvalue weighted by atomic mass is 16.6. The molecule has 0 saturated carbocycles. The van der Waals surface area contributed by atoms with Gasteiger partial charge in [0.15, 0.2) is 0 Å². The maximum atomic E-state index is 5.70. The number of aryl methyl sites for hydroxylation is 1. The molecule has 3 heterocycles. The third-order valence-corrected chi connectivity index (χ3v) is 2.96. The van der Waals surface area contributed by atoms with Crippen LogP contribution in [0.25, 0.3) is 0 Å². The van der Waals surface area contributed by atoms with Gasteiger partial charge >= 0.3 is 0 Å². The van der Waals surface area contributed by atoms with Gasteiger partial charge in [-0.25, -0.2) is 0 Å². The van der Waals surface area contributed by atoms with E-state index in [4.69, 9.17) is 9.47 Å². The minimum atomic E-state index is -0.0660.